The summed E-state index contributed by atoms with van der Waals surface area (Å²) in [6.07, 6.45) is 1.84. The number of nitrogens with two attached hydrogens (primary N) is 1. The smallest absolute Gasteiger partial charge is 0.175 e. The van der Waals surface area contributed by atoms with Gasteiger partial charge in [0.15, 0.2) is 11.6 Å². The summed E-state index contributed by atoms with van der Waals surface area (Å²) >= 11 is 5.83. The van der Waals surface area contributed by atoms with Crippen LogP contribution in [-0.2, 0) is 4.74 Å². The van der Waals surface area contributed by atoms with E-state index < -0.39 is 5.82 Å². The van der Waals surface area contributed by atoms with Crippen molar-refractivity contribution in [3.05, 3.63) is 34.8 Å². The summed E-state index contributed by atoms with van der Waals surface area (Å²) in [7, 11) is 0. The molecule has 2 N–H and O–H groups in total. The Morgan fingerprint density at radius 3 is 3.00 bits per heavy atom. The number of halogens is 2. The molecule has 1 aromatic carbocycles. The van der Waals surface area contributed by atoms with Crippen LogP contribution in [0.15, 0.2) is 22.7 Å². The molecule has 4 nitrogen and oxygen atoms in total. The minimum Gasteiger partial charge on any atom is -0.381 e. The van der Waals surface area contributed by atoms with Crippen molar-refractivity contribution >= 4 is 17.4 Å². The largest absolute Gasteiger partial charge is 0.381 e. The average Bonchev–Trinajstić information content (AvgIpc) is 2.85. The van der Waals surface area contributed by atoms with E-state index in [4.69, 9.17) is 26.6 Å². The summed E-state index contributed by atoms with van der Waals surface area (Å²) in [5, 5.41) is 3.83. The third-order valence-electron chi connectivity index (χ3n) is 3.50. The Morgan fingerprint density at radius 2 is 2.25 bits per heavy atom. The zero-order chi connectivity index (χ0) is 14.1. The molecule has 1 unspecified atom stereocenters. The molecule has 106 valence electrons. The van der Waals surface area contributed by atoms with Crippen molar-refractivity contribution in [2.75, 3.05) is 18.9 Å². The van der Waals surface area contributed by atoms with Gasteiger partial charge >= 0.3 is 0 Å². The van der Waals surface area contributed by atoms with E-state index in [2.05, 4.69) is 5.16 Å². The van der Waals surface area contributed by atoms with Gasteiger partial charge in [0.25, 0.3) is 0 Å². The number of benzene rings is 1. The lowest BCUT2D eigenvalue weighted by atomic mass is 9.93. The molecular weight excluding hydrogens is 283 g/mol. The Balaban J connectivity index is 2.09. The van der Waals surface area contributed by atoms with Crippen molar-refractivity contribution in [2.45, 2.75) is 18.8 Å². The van der Waals surface area contributed by atoms with Crippen LogP contribution in [0.25, 0.3) is 11.1 Å². The Labute approximate surface area is 120 Å². The SMILES string of the molecule is Nc1noc(C2CCCOC2)c1-c1cccc(Cl)c1F. The van der Waals surface area contributed by atoms with Crippen LogP contribution in [0.3, 0.4) is 0 Å². The monoisotopic (exact) mass is 296 g/mol. The first kappa shape index (κ1) is 13.4. The second kappa shape index (κ2) is 5.42. The lowest BCUT2D eigenvalue weighted by Crippen LogP contribution is -2.15. The highest BCUT2D eigenvalue weighted by atomic mass is 35.5. The molecule has 3 rings (SSSR count). The summed E-state index contributed by atoms with van der Waals surface area (Å²) in [6.45, 7) is 1.27. The molecule has 0 aliphatic carbocycles. The van der Waals surface area contributed by atoms with Crippen LogP contribution in [0.2, 0.25) is 5.02 Å². The van der Waals surface area contributed by atoms with Crippen LogP contribution in [0.1, 0.15) is 24.5 Å². The fraction of sp³-hybridized carbons (Fsp3) is 0.357. The maximum Gasteiger partial charge on any atom is 0.175 e. The van der Waals surface area contributed by atoms with E-state index in [1.165, 1.54) is 6.07 Å². The van der Waals surface area contributed by atoms with E-state index in [1.807, 2.05) is 0 Å². The quantitative estimate of drug-likeness (QED) is 0.919. The minimum atomic E-state index is -0.512. The van der Waals surface area contributed by atoms with E-state index in [-0.39, 0.29) is 16.8 Å². The number of hydrogen-bond donors (Lipinski definition) is 1. The number of rotatable bonds is 2. The molecule has 6 heteroatoms. The van der Waals surface area contributed by atoms with Gasteiger partial charge in [0.2, 0.25) is 0 Å². The maximum atomic E-state index is 14.2. The molecule has 1 aromatic heterocycles. The fourth-order valence-electron chi connectivity index (χ4n) is 2.51. The molecule has 0 amide bonds. The molecule has 20 heavy (non-hydrogen) atoms. The van der Waals surface area contributed by atoms with Crippen molar-refractivity contribution in [1.82, 2.24) is 5.16 Å². The third kappa shape index (κ3) is 2.27. The van der Waals surface area contributed by atoms with Crippen molar-refractivity contribution in [3.8, 4) is 11.1 Å². The van der Waals surface area contributed by atoms with Crippen molar-refractivity contribution < 1.29 is 13.7 Å². The standard InChI is InChI=1S/C14H14ClFN2O2/c15-10-5-1-4-9(12(10)16)11-13(20-18-14(11)17)8-3-2-6-19-7-8/h1,4-5,8H,2-3,6-7H2,(H2,17,18). The van der Waals surface area contributed by atoms with Crippen LogP contribution < -0.4 is 5.73 Å². The van der Waals surface area contributed by atoms with E-state index in [0.717, 1.165) is 19.4 Å². The second-order valence-electron chi connectivity index (χ2n) is 4.82. The van der Waals surface area contributed by atoms with Crippen molar-refractivity contribution in [3.63, 3.8) is 0 Å². The fourth-order valence-corrected chi connectivity index (χ4v) is 2.68. The van der Waals surface area contributed by atoms with Crippen LogP contribution in [-0.4, -0.2) is 18.4 Å². The highest BCUT2D eigenvalue weighted by Gasteiger charge is 2.28. The molecular formula is C14H14ClFN2O2. The third-order valence-corrected chi connectivity index (χ3v) is 3.79. The first-order valence-electron chi connectivity index (χ1n) is 6.45. The van der Waals surface area contributed by atoms with Crippen LogP contribution in [0.4, 0.5) is 10.2 Å². The molecule has 1 saturated heterocycles. The van der Waals surface area contributed by atoms with Gasteiger partial charge < -0.3 is 15.0 Å². The lowest BCUT2D eigenvalue weighted by molar-refractivity contribution is 0.0723. The lowest BCUT2D eigenvalue weighted by Gasteiger charge is -2.20. The number of nitrogen functional groups attached to an aromatic ring is 1. The van der Waals surface area contributed by atoms with E-state index >= 15 is 0 Å². The summed E-state index contributed by atoms with van der Waals surface area (Å²) in [4.78, 5) is 0. The summed E-state index contributed by atoms with van der Waals surface area (Å²) in [6, 6.07) is 4.79. The van der Waals surface area contributed by atoms with E-state index in [1.54, 1.807) is 12.1 Å². The molecule has 0 spiro atoms. The summed E-state index contributed by atoms with van der Waals surface area (Å²) in [5.41, 5.74) is 6.65. The van der Waals surface area contributed by atoms with Gasteiger partial charge in [0.05, 0.1) is 17.2 Å². The second-order valence-corrected chi connectivity index (χ2v) is 5.23. The maximum absolute atomic E-state index is 14.2. The molecule has 2 heterocycles. The Morgan fingerprint density at radius 1 is 1.40 bits per heavy atom. The Bertz CT molecular complexity index is 624. The molecule has 1 atom stereocenters. The highest BCUT2D eigenvalue weighted by Crippen LogP contribution is 2.39. The molecule has 0 bridgehead atoms. The van der Waals surface area contributed by atoms with Gasteiger partial charge in [-0.15, -0.1) is 0 Å². The molecule has 0 saturated carbocycles. The van der Waals surface area contributed by atoms with Gasteiger partial charge in [-0.1, -0.05) is 28.9 Å². The molecule has 0 radical (unpaired) electrons. The average molecular weight is 297 g/mol. The van der Waals surface area contributed by atoms with Crippen LogP contribution >= 0.6 is 11.6 Å². The van der Waals surface area contributed by atoms with Crippen molar-refractivity contribution in [2.24, 2.45) is 0 Å². The Kier molecular flexibility index (Phi) is 3.63. The van der Waals surface area contributed by atoms with Crippen LogP contribution in [0, 0.1) is 5.82 Å². The van der Waals surface area contributed by atoms with Gasteiger partial charge in [-0.3, -0.25) is 0 Å². The number of ether oxygens (including phenoxy) is 1. The van der Waals surface area contributed by atoms with Gasteiger partial charge in [0.1, 0.15) is 5.82 Å². The predicted molar refractivity (Wildman–Crippen MR) is 74.1 cm³/mol. The molecule has 1 fully saturated rings. The normalized spacial score (nSPS) is 19.2. The summed E-state index contributed by atoms with van der Waals surface area (Å²) in [5.74, 6) is 0.277. The van der Waals surface area contributed by atoms with Gasteiger partial charge in [0, 0.05) is 18.1 Å². The van der Waals surface area contributed by atoms with E-state index in [9.17, 15) is 4.39 Å². The minimum absolute atomic E-state index is 0.0435. The van der Waals surface area contributed by atoms with Crippen molar-refractivity contribution in [1.29, 1.82) is 0 Å². The summed E-state index contributed by atoms with van der Waals surface area (Å²) < 4.78 is 25.0. The zero-order valence-electron chi connectivity index (χ0n) is 10.7. The van der Waals surface area contributed by atoms with Gasteiger partial charge in [-0.2, -0.15) is 0 Å². The molecule has 1 aliphatic heterocycles. The predicted octanol–water partition coefficient (Wildman–Crippen LogP) is 3.61. The number of hydrogen-bond acceptors (Lipinski definition) is 4. The molecule has 2 aromatic rings. The first-order chi connectivity index (χ1) is 9.68. The number of anilines is 1. The highest BCUT2D eigenvalue weighted by molar-refractivity contribution is 6.31. The van der Waals surface area contributed by atoms with Gasteiger partial charge in [-0.05, 0) is 18.9 Å². The number of nitrogens with zero attached hydrogens (tertiary/aromatic N) is 1. The molecule has 1 aliphatic rings. The first-order valence-corrected chi connectivity index (χ1v) is 6.83. The zero-order valence-corrected chi connectivity index (χ0v) is 11.5. The van der Waals surface area contributed by atoms with E-state index in [0.29, 0.717) is 23.5 Å². The van der Waals surface area contributed by atoms with Gasteiger partial charge in [-0.25, -0.2) is 4.39 Å². The topological polar surface area (TPSA) is 61.3 Å². The Hall–Kier alpha value is -1.59. The van der Waals surface area contributed by atoms with Crippen LogP contribution in [0.5, 0.6) is 0 Å². The number of aromatic nitrogens is 1.